The highest BCUT2D eigenvalue weighted by molar-refractivity contribution is 5.89. The van der Waals surface area contributed by atoms with E-state index in [1.807, 2.05) is 49.5 Å². The number of likely N-dealkylation sites (N-methyl/N-ethyl adjacent to an activating group) is 1. The lowest BCUT2D eigenvalue weighted by Crippen LogP contribution is -2.54. The number of benzene rings is 2. The van der Waals surface area contributed by atoms with Crippen LogP contribution in [0.1, 0.15) is 37.3 Å². The fraction of sp³-hybridized carbons (Fsp3) is 0.387. The van der Waals surface area contributed by atoms with Crippen LogP contribution in [-0.2, 0) is 10.2 Å². The number of amides is 1. The summed E-state index contributed by atoms with van der Waals surface area (Å²) in [6.45, 7) is 5.44. The largest absolute Gasteiger partial charge is 0.493 e. The van der Waals surface area contributed by atoms with Gasteiger partial charge in [-0.2, -0.15) is 5.26 Å². The van der Waals surface area contributed by atoms with E-state index in [0.717, 1.165) is 42.1 Å². The number of ether oxygens (including phenoxy) is 1. The molecular formula is C31H34FN5O2. The van der Waals surface area contributed by atoms with Gasteiger partial charge in [0.15, 0.2) is 0 Å². The Labute approximate surface area is 229 Å². The Morgan fingerprint density at radius 1 is 1.18 bits per heavy atom. The number of nitriles is 1. The molecule has 0 saturated carbocycles. The molecule has 1 aromatic heterocycles. The molecule has 8 heteroatoms. The number of pyridine rings is 1. The van der Waals surface area contributed by atoms with Crippen molar-refractivity contribution >= 4 is 11.6 Å². The number of nitrogens with one attached hydrogen (secondary N) is 1. The second-order valence-electron chi connectivity index (χ2n) is 10.4. The number of para-hydroxylation sites is 1. The summed E-state index contributed by atoms with van der Waals surface area (Å²) in [7, 11) is 2.07. The van der Waals surface area contributed by atoms with E-state index in [0.29, 0.717) is 43.8 Å². The average Bonchev–Trinajstić information content (AvgIpc) is 3.37. The first-order valence-corrected chi connectivity index (χ1v) is 13.6. The van der Waals surface area contributed by atoms with Gasteiger partial charge in [0, 0.05) is 37.4 Å². The number of hydrogen-bond donors (Lipinski definition) is 1. The zero-order valence-corrected chi connectivity index (χ0v) is 22.5. The van der Waals surface area contributed by atoms with E-state index < -0.39 is 11.2 Å². The minimum atomic E-state index is -0.754. The zero-order valence-electron chi connectivity index (χ0n) is 22.5. The Balaban J connectivity index is 1.44. The molecule has 5 rings (SSSR count). The highest BCUT2D eigenvalue weighted by atomic mass is 19.1. The van der Waals surface area contributed by atoms with Gasteiger partial charge in [-0.15, -0.1) is 0 Å². The first-order chi connectivity index (χ1) is 18.9. The number of halogens is 1. The smallest absolute Gasteiger partial charge is 0.231 e. The molecule has 0 spiro atoms. The van der Waals surface area contributed by atoms with E-state index in [1.54, 1.807) is 6.07 Å². The van der Waals surface area contributed by atoms with Gasteiger partial charge in [0.2, 0.25) is 5.91 Å². The van der Waals surface area contributed by atoms with E-state index in [4.69, 9.17) is 9.72 Å². The monoisotopic (exact) mass is 527 g/mol. The van der Waals surface area contributed by atoms with Gasteiger partial charge >= 0.3 is 0 Å². The summed E-state index contributed by atoms with van der Waals surface area (Å²) in [5.74, 6) is 0.366. The lowest BCUT2D eigenvalue weighted by Gasteiger charge is -2.42. The van der Waals surface area contributed by atoms with Crippen LogP contribution in [0.4, 0.5) is 10.1 Å². The zero-order chi connectivity index (χ0) is 27.4. The number of nitrogens with zero attached hydrogens (tertiary/aromatic N) is 4. The topological polar surface area (TPSA) is 81.5 Å². The molecule has 3 aromatic rings. The molecule has 1 atom stereocenters. The van der Waals surface area contributed by atoms with Crippen molar-refractivity contribution in [3.63, 3.8) is 0 Å². The molecule has 0 radical (unpaired) electrons. The minimum Gasteiger partial charge on any atom is -0.493 e. The van der Waals surface area contributed by atoms with Gasteiger partial charge in [-0.1, -0.05) is 18.2 Å². The molecule has 2 saturated heterocycles. The first-order valence-electron chi connectivity index (χ1n) is 13.6. The van der Waals surface area contributed by atoms with Gasteiger partial charge < -0.3 is 19.9 Å². The highest BCUT2D eigenvalue weighted by Gasteiger charge is 2.44. The van der Waals surface area contributed by atoms with Crippen LogP contribution in [0.3, 0.4) is 0 Å². The van der Waals surface area contributed by atoms with E-state index >= 15 is 0 Å². The van der Waals surface area contributed by atoms with Crippen molar-refractivity contribution in [2.75, 3.05) is 44.7 Å². The molecule has 2 aliphatic rings. The molecule has 0 bridgehead atoms. The van der Waals surface area contributed by atoms with Gasteiger partial charge in [-0.25, -0.2) is 4.39 Å². The molecule has 7 nitrogen and oxygen atoms in total. The fourth-order valence-electron chi connectivity index (χ4n) is 5.82. The summed E-state index contributed by atoms with van der Waals surface area (Å²) in [6.07, 6.45) is 3.87. The van der Waals surface area contributed by atoms with Crippen LogP contribution in [0.5, 0.6) is 5.75 Å². The van der Waals surface area contributed by atoms with Crippen molar-refractivity contribution in [2.45, 2.75) is 37.6 Å². The third kappa shape index (κ3) is 5.45. The molecule has 1 N–H and O–H groups in total. The quantitative estimate of drug-likeness (QED) is 0.487. The molecule has 0 unspecified atom stereocenters. The van der Waals surface area contributed by atoms with E-state index in [2.05, 4.69) is 28.2 Å². The summed E-state index contributed by atoms with van der Waals surface area (Å²) in [5, 5.41) is 12.9. The van der Waals surface area contributed by atoms with Crippen LogP contribution in [-0.4, -0.2) is 61.7 Å². The van der Waals surface area contributed by atoms with Crippen LogP contribution >= 0.6 is 0 Å². The number of carbonyl (C=O) groups excluding carboxylic acids is 1. The van der Waals surface area contributed by atoms with Crippen molar-refractivity contribution < 1.29 is 13.9 Å². The Morgan fingerprint density at radius 3 is 2.64 bits per heavy atom. The molecular weight excluding hydrogens is 493 g/mol. The third-order valence-electron chi connectivity index (χ3n) is 7.98. The Bertz CT molecular complexity index is 1360. The van der Waals surface area contributed by atoms with Crippen LogP contribution in [0.2, 0.25) is 0 Å². The highest BCUT2D eigenvalue weighted by Crippen LogP contribution is 2.39. The van der Waals surface area contributed by atoms with Gasteiger partial charge in [-0.05, 0) is 81.7 Å². The van der Waals surface area contributed by atoms with Crippen LogP contribution < -0.4 is 15.0 Å². The minimum absolute atomic E-state index is 0.0197. The Kier molecular flexibility index (Phi) is 7.80. The number of piperidine rings is 1. The SMILES string of the molecule is CCOc1ccccc1-c1ccc(C2(C(=O)N[C@H]3CCN(C)C3)CCN(c3ccc(F)cc3C#N)CC2)cn1. The molecule has 2 aliphatic heterocycles. The predicted octanol–water partition coefficient (Wildman–Crippen LogP) is 4.52. The van der Waals surface area contributed by atoms with E-state index in [1.165, 1.54) is 12.1 Å². The summed E-state index contributed by atoms with van der Waals surface area (Å²) >= 11 is 0. The van der Waals surface area contributed by atoms with Crippen LogP contribution in [0.25, 0.3) is 11.3 Å². The van der Waals surface area contributed by atoms with Gasteiger partial charge in [-0.3, -0.25) is 9.78 Å². The van der Waals surface area contributed by atoms with Crippen molar-refractivity contribution in [3.8, 4) is 23.1 Å². The number of anilines is 1. The maximum Gasteiger partial charge on any atom is 0.231 e. The standard InChI is InChI=1S/C31H34FN5O2/c1-3-39-29-7-5-4-6-26(29)27-10-8-23(20-34-27)31(30(38)35-25-12-15-36(2)21-25)13-16-37(17-14-31)28-11-9-24(32)18-22(28)19-33/h4-11,18,20,25H,3,12-17,21H2,1-2H3,(H,35,38)/t25-/m0/s1. The van der Waals surface area contributed by atoms with Crippen LogP contribution in [0, 0.1) is 17.1 Å². The second-order valence-corrected chi connectivity index (χ2v) is 10.4. The number of carbonyl (C=O) groups is 1. The molecule has 1 amide bonds. The number of aromatic nitrogens is 1. The Hall–Kier alpha value is -3.96. The van der Waals surface area contributed by atoms with Crippen molar-refractivity contribution in [3.05, 3.63) is 77.7 Å². The van der Waals surface area contributed by atoms with Gasteiger partial charge in [0.1, 0.15) is 17.6 Å². The summed E-state index contributed by atoms with van der Waals surface area (Å²) in [5.41, 5.74) is 2.83. The molecule has 3 heterocycles. The molecule has 39 heavy (non-hydrogen) atoms. The maximum absolute atomic E-state index is 14.0. The normalized spacial score (nSPS) is 18.9. The van der Waals surface area contributed by atoms with Crippen LogP contribution in [0.15, 0.2) is 60.8 Å². The second kappa shape index (κ2) is 11.4. The summed E-state index contributed by atoms with van der Waals surface area (Å²) < 4.78 is 19.6. The lowest BCUT2D eigenvalue weighted by atomic mass is 9.72. The Morgan fingerprint density at radius 2 is 1.97 bits per heavy atom. The molecule has 202 valence electrons. The van der Waals surface area contributed by atoms with E-state index in [-0.39, 0.29) is 11.9 Å². The number of rotatable bonds is 7. The first kappa shape index (κ1) is 26.6. The molecule has 2 fully saturated rings. The number of likely N-dealkylation sites (tertiary alicyclic amines) is 1. The third-order valence-corrected chi connectivity index (χ3v) is 7.98. The maximum atomic E-state index is 14.0. The summed E-state index contributed by atoms with van der Waals surface area (Å²) in [4.78, 5) is 23.1. The van der Waals surface area contributed by atoms with Crippen molar-refractivity contribution in [2.24, 2.45) is 0 Å². The fourth-order valence-corrected chi connectivity index (χ4v) is 5.82. The molecule has 0 aliphatic carbocycles. The van der Waals surface area contributed by atoms with Gasteiger partial charge in [0.25, 0.3) is 0 Å². The van der Waals surface area contributed by atoms with E-state index in [9.17, 15) is 14.4 Å². The molecule has 2 aromatic carbocycles. The van der Waals surface area contributed by atoms with Crippen molar-refractivity contribution in [1.82, 2.24) is 15.2 Å². The average molecular weight is 528 g/mol. The summed E-state index contributed by atoms with van der Waals surface area (Å²) in [6, 6.07) is 18.3. The number of hydrogen-bond acceptors (Lipinski definition) is 6. The van der Waals surface area contributed by atoms with Gasteiger partial charge in [0.05, 0.1) is 29.0 Å². The lowest BCUT2D eigenvalue weighted by molar-refractivity contribution is -0.128. The predicted molar refractivity (Wildman–Crippen MR) is 149 cm³/mol. The van der Waals surface area contributed by atoms with Crippen molar-refractivity contribution in [1.29, 1.82) is 5.26 Å².